The molecule has 0 amide bonds. The lowest BCUT2D eigenvalue weighted by molar-refractivity contribution is 0.0696. The number of carbonyl (C=O) groups is 1. The molecule has 1 unspecified atom stereocenters. The third kappa shape index (κ3) is 2.75. The van der Waals surface area contributed by atoms with Crippen LogP contribution in [0.1, 0.15) is 29.3 Å². The summed E-state index contributed by atoms with van der Waals surface area (Å²) in [7, 11) is -3.66. The molecule has 1 saturated heterocycles. The summed E-state index contributed by atoms with van der Waals surface area (Å²) < 4.78 is 27.1. The lowest BCUT2D eigenvalue weighted by Crippen LogP contribution is -2.29. The number of sulfonamides is 1. The van der Waals surface area contributed by atoms with Gasteiger partial charge in [-0.3, -0.25) is 0 Å². The highest BCUT2D eigenvalue weighted by atomic mass is 79.9. The standard InChI is InChI=1S/C13H16BrNO4S/c1-8-3-4-15(7-8)20(18,19)11-6-10(13(16)17)5-9(2)12(11)14/h5-6,8H,3-4,7H2,1-2H3,(H,16,17). The first-order chi connectivity index (χ1) is 9.23. The van der Waals surface area contributed by atoms with Gasteiger partial charge in [-0.25, -0.2) is 13.2 Å². The zero-order chi connectivity index (χ0) is 15.1. The SMILES string of the molecule is Cc1cc(C(=O)O)cc(S(=O)(=O)N2CCC(C)C2)c1Br. The second kappa shape index (κ2) is 5.46. The van der Waals surface area contributed by atoms with E-state index in [2.05, 4.69) is 15.9 Å². The van der Waals surface area contributed by atoms with Gasteiger partial charge in [-0.15, -0.1) is 0 Å². The number of carboxylic acids is 1. The first kappa shape index (κ1) is 15.5. The molecule has 7 heteroatoms. The van der Waals surface area contributed by atoms with Crippen LogP contribution in [0.15, 0.2) is 21.5 Å². The summed E-state index contributed by atoms with van der Waals surface area (Å²) in [6, 6.07) is 2.68. The number of carboxylic acid groups (broad SMARTS) is 1. The fraction of sp³-hybridized carbons (Fsp3) is 0.462. The molecule has 1 fully saturated rings. The monoisotopic (exact) mass is 361 g/mol. The van der Waals surface area contributed by atoms with Gasteiger partial charge in [0.15, 0.2) is 0 Å². The van der Waals surface area contributed by atoms with E-state index < -0.39 is 16.0 Å². The summed E-state index contributed by atoms with van der Waals surface area (Å²) in [4.78, 5) is 11.1. The number of nitrogens with zero attached hydrogens (tertiary/aromatic N) is 1. The molecule has 1 aromatic carbocycles. The largest absolute Gasteiger partial charge is 0.478 e. The highest BCUT2D eigenvalue weighted by Crippen LogP contribution is 2.32. The van der Waals surface area contributed by atoms with E-state index in [9.17, 15) is 13.2 Å². The van der Waals surface area contributed by atoms with E-state index in [1.807, 2.05) is 6.92 Å². The van der Waals surface area contributed by atoms with Crippen molar-refractivity contribution in [2.45, 2.75) is 25.2 Å². The van der Waals surface area contributed by atoms with Crippen LogP contribution in [0.5, 0.6) is 0 Å². The molecule has 0 saturated carbocycles. The van der Waals surface area contributed by atoms with E-state index in [1.54, 1.807) is 6.92 Å². The number of rotatable bonds is 3. The van der Waals surface area contributed by atoms with Crippen LogP contribution in [0, 0.1) is 12.8 Å². The maximum atomic E-state index is 12.6. The van der Waals surface area contributed by atoms with Crippen molar-refractivity contribution < 1.29 is 18.3 Å². The van der Waals surface area contributed by atoms with Crippen LogP contribution in [0.2, 0.25) is 0 Å². The Balaban J connectivity index is 2.54. The highest BCUT2D eigenvalue weighted by Gasteiger charge is 2.32. The van der Waals surface area contributed by atoms with Gasteiger partial charge in [0.1, 0.15) is 0 Å². The van der Waals surface area contributed by atoms with E-state index in [0.29, 0.717) is 29.0 Å². The second-order valence-electron chi connectivity index (χ2n) is 5.17. The van der Waals surface area contributed by atoms with Gasteiger partial charge in [0.25, 0.3) is 0 Å². The van der Waals surface area contributed by atoms with Crippen molar-refractivity contribution in [2.75, 3.05) is 13.1 Å². The molecule has 110 valence electrons. The molecule has 1 aliphatic heterocycles. The third-order valence-corrected chi connectivity index (χ3v) is 6.68. The maximum absolute atomic E-state index is 12.6. The van der Waals surface area contributed by atoms with Gasteiger partial charge in [0.05, 0.1) is 10.5 Å². The fourth-order valence-electron chi connectivity index (χ4n) is 2.30. The normalized spacial score (nSPS) is 20.2. The Morgan fingerprint density at radius 1 is 1.45 bits per heavy atom. The molecule has 1 atom stereocenters. The van der Waals surface area contributed by atoms with E-state index in [-0.39, 0.29) is 10.5 Å². The van der Waals surface area contributed by atoms with Crippen molar-refractivity contribution in [3.8, 4) is 0 Å². The number of aromatic carboxylic acids is 1. The quantitative estimate of drug-likeness (QED) is 0.897. The molecular weight excluding hydrogens is 346 g/mol. The molecule has 5 nitrogen and oxygen atoms in total. The molecule has 1 N–H and O–H groups in total. The average Bonchev–Trinajstić information content (AvgIpc) is 2.79. The van der Waals surface area contributed by atoms with Crippen molar-refractivity contribution in [2.24, 2.45) is 5.92 Å². The first-order valence-corrected chi connectivity index (χ1v) is 8.50. The molecule has 0 spiro atoms. The second-order valence-corrected chi connectivity index (χ2v) is 7.87. The predicted molar refractivity (Wildman–Crippen MR) is 78.4 cm³/mol. The minimum atomic E-state index is -3.66. The van der Waals surface area contributed by atoms with Gasteiger partial charge in [-0.2, -0.15) is 4.31 Å². The van der Waals surface area contributed by atoms with Gasteiger partial charge in [0, 0.05) is 17.6 Å². The van der Waals surface area contributed by atoms with Crippen LogP contribution < -0.4 is 0 Å². The van der Waals surface area contributed by atoms with Crippen molar-refractivity contribution in [3.63, 3.8) is 0 Å². The molecule has 0 bridgehead atoms. The third-order valence-electron chi connectivity index (χ3n) is 3.47. The number of benzene rings is 1. The zero-order valence-electron chi connectivity index (χ0n) is 11.3. The van der Waals surface area contributed by atoms with Crippen molar-refractivity contribution in [1.82, 2.24) is 4.31 Å². The minimum absolute atomic E-state index is 0.0171. The highest BCUT2D eigenvalue weighted by molar-refractivity contribution is 9.10. The Morgan fingerprint density at radius 3 is 2.60 bits per heavy atom. The number of aryl methyl sites for hydroxylation is 1. The van der Waals surface area contributed by atoms with E-state index >= 15 is 0 Å². The van der Waals surface area contributed by atoms with Crippen molar-refractivity contribution >= 4 is 31.9 Å². The van der Waals surface area contributed by atoms with Crippen LogP contribution >= 0.6 is 15.9 Å². The smallest absolute Gasteiger partial charge is 0.335 e. The van der Waals surface area contributed by atoms with Crippen molar-refractivity contribution in [1.29, 1.82) is 0 Å². The minimum Gasteiger partial charge on any atom is -0.478 e. The molecular formula is C13H16BrNO4S. The van der Waals surface area contributed by atoms with Gasteiger partial charge in [0.2, 0.25) is 10.0 Å². The molecule has 1 aliphatic rings. The number of hydrogen-bond donors (Lipinski definition) is 1. The summed E-state index contributed by atoms with van der Waals surface area (Å²) in [5, 5.41) is 9.07. The molecule has 2 rings (SSSR count). The summed E-state index contributed by atoms with van der Waals surface area (Å²) >= 11 is 3.26. The molecule has 1 aromatic rings. The van der Waals surface area contributed by atoms with Crippen LogP contribution in [0.3, 0.4) is 0 Å². The maximum Gasteiger partial charge on any atom is 0.335 e. The summed E-state index contributed by atoms with van der Waals surface area (Å²) in [5.74, 6) is -0.806. The van der Waals surface area contributed by atoms with E-state index in [0.717, 1.165) is 6.42 Å². The Labute approximate surface area is 126 Å². The van der Waals surface area contributed by atoms with E-state index in [4.69, 9.17) is 5.11 Å². The molecule has 0 radical (unpaired) electrons. The summed E-state index contributed by atoms with van der Waals surface area (Å²) in [6.07, 6.45) is 0.828. The average molecular weight is 362 g/mol. The lowest BCUT2D eigenvalue weighted by atomic mass is 10.1. The van der Waals surface area contributed by atoms with Crippen LogP contribution in [-0.2, 0) is 10.0 Å². The topological polar surface area (TPSA) is 74.7 Å². The zero-order valence-corrected chi connectivity index (χ0v) is 13.7. The van der Waals surface area contributed by atoms with Crippen LogP contribution in [-0.4, -0.2) is 36.9 Å². The van der Waals surface area contributed by atoms with Gasteiger partial charge < -0.3 is 5.11 Å². The van der Waals surface area contributed by atoms with Gasteiger partial charge in [-0.1, -0.05) is 6.92 Å². The number of hydrogen-bond acceptors (Lipinski definition) is 3. The fourth-order valence-corrected chi connectivity index (χ4v) is 4.88. The molecule has 1 heterocycles. The summed E-state index contributed by atoms with van der Waals surface area (Å²) in [6.45, 7) is 4.64. The Bertz CT molecular complexity index is 657. The lowest BCUT2D eigenvalue weighted by Gasteiger charge is -2.18. The molecule has 0 aromatic heterocycles. The Kier molecular flexibility index (Phi) is 4.22. The first-order valence-electron chi connectivity index (χ1n) is 6.27. The van der Waals surface area contributed by atoms with Gasteiger partial charge in [-0.05, 0) is 52.9 Å². The Morgan fingerprint density at radius 2 is 2.10 bits per heavy atom. The van der Waals surface area contributed by atoms with E-state index in [1.165, 1.54) is 16.4 Å². The van der Waals surface area contributed by atoms with Gasteiger partial charge >= 0.3 is 5.97 Å². The number of halogens is 1. The predicted octanol–water partition coefficient (Wildman–Crippen LogP) is 2.49. The molecule has 0 aliphatic carbocycles. The van der Waals surface area contributed by atoms with Crippen molar-refractivity contribution in [3.05, 3.63) is 27.7 Å². The van der Waals surface area contributed by atoms with Crippen LogP contribution in [0.4, 0.5) is 0 Å². The van der Waals surface area contributed by atoms with Crippen LogP contribution in [0.25, 0.3) is 0 Å². The Hall–Kier alpha value is -0.920. The molecule has 20 heavy (non-hydrogen) atoms. The summed E-state index contributed by atoms with van der Waals surface area (Å²) in [5.41, 5.74) is 0.576.